The number of nitrogens with zero attached hydrogens (tertiary/aromatic N) is 1. The topological polar surface area (TPSA) is 93.5 Å². The van der Waals surface area contributed by atoms with Crippen molar-refractivity contribution in [3.63, 3.8) is 0 Å². The summed E-state index contributed by atoms with van der Waals surface area (Å²) in [6.07, 6.45) is 0.961. The first-order valence-corrected chi connectivity index (χ1v) is 10.8. The zero-order chi connectivity index (χ0) is 22.9. The van der Waals surface area contributed by atoms with Crippen molar-refractivity contribution < 1.29 is 14.5 Å². The van der Waals surface area contributed by atoms with Gasteiger partial charge in [0.15, 0.2) is 5.78 Å². The lowest BCUT2D eigenvalue weighted by atomic mass is 9.78. The Balaban J connectivity index is 1.62. The van der Waals surface area contributed by atoms with Crippen molar-refractivity contribution in [2.45, 2.75) is 24.8 Å². The van der Waals surface area contributed by atoms with Gasteiger partial charge in [0.25, 0.3) is 5.69 Å². The first-order chi connectivity index (χ1) is 16.0. The number of hydrogen-bond donors (Lipinski definition) is 2. The average molecular weight is 441 g/mol. The average Bonchev–Trinajstić information content (AvgIpc) is 3.01. The van der Waals surface area contributed by atoms with E-state index in [4.69, 9.17) is 4.74 Å². The second kappa shape index (κ2) is 8.43. The van der Waals surface area contributed by atoms with Crippen molar-refractivity contribution >= 4 is 22.8 Å². The highest BCUT2D eigenvalue weighted by molar-refractivity contribution is 6.01. The summed E-state index contributed by atoms with van der Waals surface area (Å²) in [5.41, 5.74) is 4.53. The molecule has 0 radical (unpaired) electrons. The number of nitro benzene ring substituents is 1. The number of rotatable bonds is 4. The Morgan fingerprint density at radius 1 is 0.939 bits per heavy atom. The Labute approximate surface area is 191 Å². The third kappa shape index (κ3) is 3.82. The number of benzene rings is 3. The molecule has 166 valence electrons. The van der Waals surface area contributed by atoms with Crippen LogP contribution >= 0.6 is 0 Å². The Morgan fingerprint density at radius 2 is 1.64 bits per heavy atom. The van der Waals surface area contributed by atoms with E-state index in [2.05, 4.69) is 10.6 Å². The molecule has 7 nitrogen and oxygen atoms in total. The standard InChI is InChI=1S/C26H23N3O4/c1-33-18-12-10-16(11-13-18)17-14-22-25(24(30)15-17)26(19-6-2-5-9-23(19)29(31)32)28-21-8-4-3-7-20(21)27-22/h2-13,17,26-28H,14-15H2,1H3/t17-,26-/m1/s1. The number of fused-ring (bicyclic) bond motifs is 1. The first-order valence-electron chi connectivity index (χ1n) is 10.8. The minimum atomic E-state index is -0.623. The Hall–Kier alpha value is -4.13. The van der Waals surface area contributed by atoms with Crippen molar-refractivity contribution in [3.05, 3.63) is 105 Å². The molecule has 0 aromatic heterocycles. The summed E-state index contributed by atoms with van der Waals surface area (Å²) >= 11 is 0. The second-order valence-corrected chi connectivity index (χ2v) is 8.26. The lowest BCUT2D eigenvalue weighted by Gasteiger charge is -2.29. The van der Waals surface area contributed by atoms with Crippen LogP contribution in [0.15, 0.2) is 84.1 Å². The summed E-state index contributed by atoms with van der Waals surface area (Å²) in [4.78, 5) is 25.0. The van der Waals surface area contributed by atoms with Gasteiger partial charge in [-0.1, -0.05) is 36.4 Å². The highest BCUT2D eigenvalue weighted by Gasteiger charge is 2.38. The van der Waals surface area contributed by atoms with Crippen molar-refractivity contribution in [2.24, 2.45) is 0 Å². The predicted octanol–water partition coefficient (Wildman–Crippen LogP) is 5.58. The highest BCUT2D eigenvalue weighted by atomic mass is 16.6. The highest BCUT2D eigenvalue weighted by Crippen LogP contribution is 2.45. The molecule has 0 bridgehead atoms. The van der Waals surface area contributed by atoms with Crippen LogP contribution in [0.1, 0.15) is 35.9 Å². The van der Waals surface area contributed by atoms with E-state index in [-0.39, 0.29) is 17.4 Å². The molecule has 1 aliphatic heterocycles. The van der Waals surface area contributed by atoms with Crippen LogP contribution in [-0.2, 0) is 4.79 Å². The number of carbonyl (C=O) groups is 1. The minimum absolute atomic E-state index is 0.00586. The summed E-state index contributed by atoms with van der Waals surface area (Å²) in [6.45, 7) is 0. The van der Waals surface area contributed by atoms with Gasteiger partial charge in [0.2, 0.25) is 0 Å². The van der Waals surface area contributed by atoms with Gasteiger partial charge in [-0.3, -0.25) is 14.9 Å². The van der Waals surface area contributed by atoms with E-state index in [1.165, 1.54) is 6.07 Å². The van der Waals surface area contributed by atoms with Gasteiger partial charge in [-0.25, -0.2) is 0 Å². The number of para-hydroxylation sites is 3. The van der Waals surface area contributed by atoms with Crippen LogP contribution in [0, 0.1) is 10.1 Å². The monoisotopic (exact) mass is 441 g/mol. The van der Waals surface area contributed by atoms with Gasteiger partial charge in [0.05, 0.1) is 35.0 Å². The fraction of sp³-hybridized carbons (Fsp3) is 0.192. The molecule has 2 atom stereocenters. The second-order valence-electron chi connectivity index (χ2n) is 8.26. The number of ketones is 1. The molecular weight excluding hydrogens is 418 g/mol. The number of carbonyl (C=O) groups excluding carboxylic acids is 1. The van der Waals surface area contributed by atoms with E-state index in [1.54, 1.807) is 25.3 Å². The fourth-order valence-corrected chi connectivity index (χ4v) is 4.74. The Bertz CT molecular complexity index is 1270. The number of hydrogen-bond acceptors (Lipinski definition) is 6. The first kappa shape index (κ1) is 20.8. The molecule has 2 N–H and O–H groups in total. The third-order valence-electron chi connectivity index (χ3n) is 6.34. The number of anilines is 2. The maximum absolute atomic E-state index is 13.6. The number of allylic oxidation sites excluding steroid dienone is 1. The van der Waals surface area contributed by atoms with Crippen LogP contribution in [0.2, 0.25) is 0 Å². The minimum Gasteiger partial charge on any atom is -0.497 e. The number of Topliss-reactive ketones (excluding diaryl/α,β-unsaturated/α-hetero) is 1. The van der Waals surface area contributed by atoms with Crippen LogP contribution in [-0.4, -0.2) is 17.8 Å². The van der Waals surface area contributed by atoms with Crippen molar-refractivity contribution in [2.75, 3.05) is 17.7 Å². The fourth-order valence-electron chi connectivity index (χ4n) is 4.74. The van der Waals surface area contributed by atoms with Crippen LogP contribution in [0.25, 0.3) is 0 Å². The maximum atomic E-state index is 13.6. The Morgan fingerprint density at radius 3 is 2.36 bits per heavy atom. The molecule has 1 heterocycles. The number of nitrogens with one attached hydrogen (secondary N) is 2. The SMILES string of the molecule is COc1ccc([C@H]2CC(=O)C3=C(C2)Nc2ccccc2N[C@@H]3c2ccccc2[N+](=O)[O-])cc1. The Kier molecular flexibility index (Phi) is 5.30. The normalized spacial score (nSPS) is 19.5. The van der Waals surface area contributed by atoms with Gasteiger partial charge < -0.3 is 15.4 Å². The third-order valence-corrected chi connectivity index (χ3v) is 6.34. The molecule has 0 fully saturated rings. The molecule has 7 heteroatoms. The summed E-state index contributed by atoms with van der Waals surface area (Å²) in [5.74, 6) is 0.752. The molecule has 0 amide bonds. The van der Waals surface area contributed by atoms with E-state index in [1.807, 2.05) is 48.5 Å². The zero-order valence-electron chi connectivity index (χ0n) is 18.1. The van der Waals surface area contributed by atoms with E-state index in [0.717, 1.165) is 28.4 Å². The van der Waals surface area contributed by atoms with Crippen LogP contribution < -0.4 is 15.4 Å². The molecule has 0 saturated heterocycles. The van der Waals surface area contributed by atoms with Crippen LogP contribution in [0.5, 0.6) is 5.75 Å². The van der Waals surface area contributed by atoms with E-state index >= 15 is 0 Å². The molecule has 33 heavy (non-hydrogen) atoms. The lowest BCUT2D eigenvalue weighted by molar-refractivity contribution is -0.385. The predicted molar refractivity (Wildman–Crippen MR) is 127 cm³/mol. The van der Waals surface area contributed by atoms with E-state index < -0.39 is 11.0 Å². The zero-order valence-corrected chi connectivity index (χ0v) is 18.1. The number of ether oxygens (including phenoxy) is 1. The van der Waals surface area contributed by atoms with Crippen molar-refractivity contribution in [3.8, 4) is 5.75 Å². The van der Waals surface area contributed by atoms with Gasteiger partial charge in [0, 0.05) is 23.8 Å². The molecule has 0 saturated carbocycles. The van der Waals surface area contributed by atoms with Gasteiger partial charge in [-0.05, 0) is 48.2 Å². The quantitative estimate of drug-likeness (QED) is 0.405. The van der Waals surface area contributed by atoms with Crippen LogP contribution in [0.3, 0.4) is 0 Å². The molecule has 1 aliphatic carbocycles. The summed E-state index contributed by atoms with van der Waals surface area (Å²) in [7, 11) is 1.62. The molecule has 0 spiro atoms. The summed E-state index contributed by atoms with van der Waals surface area (Å²) in [6, 6.07) is 21.4. The van der Waals surface area contributed by atoms with Crippen molar-refractivity contribution in [1.29, 1.82) is 0 Å². The smallest absolute Gasteiger partial charge is 0.275 e. The van der Waals surface area contributed by atoms with E-state index in [0.29, 0.717) is 24.0 Å². The summed E-state index contributed by atoms with van der Waals surface area (Å²) < 4.78 is 5.26. The number of methoxy groups -OCH3 is 1. The van der Waals surface area contributed by atoms with Gasteiger partial charge in [0.1, 0.15) is 5.75 Å². The van der Waals surface area contributed by atoms with Crippen molar-refractivity contribution in [1.82, 2.24) is 0 Å². The molecular formula is C26H23N3O4. The van der Waals surface area contributed by atoms with Gasteiger partial charge >= 0.3 is 0 Å². The summed E-state index contributed by atoms with van der Waals surface area (Å²) in [5, 5.41) is 18.7. The molecule has 5 rings (SSSR count). The molecule has 3 aromatic rings. The largest absolute Gasteiger partial charge is 0.497 e. The molecule has 0 unspecified atom stereocenters. The lowest BCUT2D eigenvalue weighted by Crippen LogP contribution is -2.27. The maximum Gasteiger partial charge on any atom is 0.275 e. The van der Waals surface area contributed by atoms with E-state index in [9.17, 15) is 14.9 Å². The van der Waals surface area contributed by atoms with Crippen LogP contribution in [0.4, 0.5) is 17.1 Å². The number of nitro groups is 1. The molecule has 2 aliphatic rings. The van der Waals surface area contributed by atoms with Gasteiger partial charge in [-0.2, -0.15) is 0 Å². The molecule has 3 aromatic carbocycles. The van der Waals surface area contributed by atoms with Gasteiger partial charge in [-0.15, -0.1) is 0 Å².